The van der Waals surface area contributed by atoms with Gasteiger partial charge in [0.2, 0.25) is 0 Å². The Morgan fingerprint density at radius 2 is 2.20 bits per heavy atom. The van der Waals surface area contributed by atoms with E-state index in [1.807, 2.05) is 25.1 Å². The molecule has 0 fully saturated rings. The van der Waals surface area contributed by atoms with Crippen LogP contribution in [-0.4, -0.2) is 10.1 Å². The Hall–Kier alpha value is -0.680. The molecule has 0 aliphatic heterocycles. The second-order valence-corrected chi connectivity index (χ2v) is 4.48. The van der Waals surface area contributed by atoms with Crippen LogP contribution in [0.15, 0.2) is 27.2 Å². The number of aromatic nitrogens is 2. The summed E-state index contributed by atoms with van der Waals surface area (Å²) in [7, 11) is 0. The van der Waals surface area contributed by atoms with Crippen LogP contribution in [0.4, 0.5) is 0 Å². The lowest BCUT2D eigenvalue weighted by Crippen LogP contribution is -1.85. The average molecular weight is 332 g/mol. The van der Waals surface area contributed by atoms with Crippen LogP contribution in [0.1, 0.15) is 11.4 Å². The average Bonchev–Trinajstić information content (AvgIpc) is 2.70. The predicted molar refractivity (Wildman–Crippen MR) is 64.8 cm³/mol. The minimum absolute atomic E-state index is 0.559. The smallest absolute Gasteiger partial charge is 0.258 e. The number of halogens is 2. The number of alkyl halides is 1. The van der Waals surface area contributed by atoms with Crippen LogP contribution in [0.25, 0.3) is 11.5 Å². The highest BCUT2D eigenvalue weighted by molar-refractivity contribution is 9.10. The molecule has 0 unspecified atom stereocenters. The Morgan fingerprint density at radius 1 is 1.40 bits per heavy atom. The van der Waals surface area contributed by atoms with Gasteiger partial charge in [-0.2, -0.15) is 4.98 Å². The molecule has 0 amide bonds. The predicted octanol–water partition coefficient (Wildman–Crippen LogP) is 3.70. The van der Waals surface area contributed by atoms with E-state index in [1.54, 1.807) is 0 Å². The third-order valence-electron chi connectivity index (χ3n) is 2.09. The number of hydrogen-bond donors (Lipinski definition) is 0. The van der Waals surface area contributed by atoms with Gasteiger partial charge >= 0.3 is 0 Å². The van der Waals surface area contributed by atoms with Crippen LogP contribution < -0.4 is 0 Å². The lowest BCUT2D eigenvalue weighted by atomic mass is 10.1. The van der Waals surface area contributed by atoms with E-state index < -0.39 is 0 Å². The summed E-state index contributed by atoms with van der Waals surface area (Å²) in [6.07, 6.45) is 0. The van der Waals surface area contributed by atoms with Crippen molar-refractivity contribution in [2.75, 3.05) is 0 Å². The summed E-state index contributed by atoms with van der Waals surface area (Å²) >= 11 is 6.75. The normalized spacial score (nSPS) is 10.6. The molecule has 1 heterocycles. The van der Waals surface area contributed by atoms with Gasteiger partial charge in [0.15, 0.2) is 5.82 Å². The molecule has 2 rings (SSSR count). The fraction of sp³-hybridized carbons (Fsp3) is 0.200. The molecule has 0 aliphatic rings. The van der Waals surface area contributed by atoms with Crippen molar-refractivity contribution < 1.29 is 4.52 Å². The summed E-state index contributed by atoms with van der Waals surface area (Å²) in [5.41, 5.74) is 2.06. The summed E-state index contributed by atoms with van der Waals surface area (Å²) in [6, 6.07) is 5.90. The zero-order chi connectivity index (χ0) is 10.8. The van der Waals surface area contributed by atoms with Crippen LogP contribution >= 0.6 is 31.9 Å². The van der Waals surface area contributed by atoms with Crippen LogP contribution in [0.2, 0.25) is 0 Å². The van der Waals surface area contributed by atoms with Crippen molar-refractivity contribution in [3.63, 3.8) is 0 Å². The van der Waals surface area contributed by atoms with Gasteiger partial charge in [-0.25, -0.2) is 0 Å². The largest absolute Gasteiger partial charge is 0.334 e. The fourth-order valence-electron chi connectivity index (χ4n) is 1.26. The first-order chi connectivity index (χ1) is 7.22. The standard InChI is InChI=1S/C10H8Br2N2O/c1-6-7(3-2-4-8(6)12)10-13-9(5-11)14-15-10/h2-4H,5H2,1H3. The first-order valence-corrected chi connectivity index (χ1v) is 6.28. The zero-order valence-corrected chi connectivity index (χ0v) is 11.2. The molecule has 0 radical (unpaired) electrons. The molecule has 0 aliphatic carbocycles. The maximum atomic E-state index is 5.17. The second-order valence-electron chi connectivity index (χ2n) is 3.06. The summed E-state index contributed by atoms with van der Waals surface area (Å²) in [5, 5.41) is 4.43. The van der Waals surface area contributed by atoms with Crippen molar-refractivity contribution in [1.29, 1.82) is 0 Å². The van der Waals surface area contributed by atoms with Gasteiger partial charge in [0, 0.05) is 10.0 Å². The molecule has 0 spiro atoms. The van der Waals surface area contributed by atoms with E-state index >= 15 is 0 Å². The van der Waals surface area contributed by atoms with E-state index in [0.717, 1.165) is 15.6 Å². The lowest BCUT2D eigenvalue weighted by Gasteiger charge is -2.01. The van der Waals surface area contributed by atoms with E-state index in [1.165, 1.54) is 0 Å². The van der Waals surface area contributed by atoms with E-state index in [4.69, 9.17) is 4.52 Å². The van der Waals surface area contributed by atoms with Crippen LogP contribution in [0.3, 0.4) is 0 Å². The highest BCUT2D eigenvalue weighted by Gasteiger charge is 2.11. The van der Waals surface area contributed by atoms with Crippen molar-refractivity contribution in [3.05, 3.63) is 34.1 Å². The summed E-state index contributed by atoms with van der Waals surface area (Å²) in [5.74, 6) is 1.22. The molecule has 0 saturated heterocycles. The van der Waals surface area contributed by atoms with Crippen molar-refractivity contribution in [2.24, 2.45) is 0 Å². The third kappa shape index (κ3) is 2.13. The highest BCUT2D eigenvalue weighted by Crippen LogP contribution is 2.27. The number of benzene rings is 1. The summed E-state index contributed by atoms with van der Waals surface area (Å²) in [4.78, 5) is 4.26. The Morgan fingerprint density at radius 3 is 2.87 bits per heavy atom. The van der Waals surface area contributed by atoms with Crippen molar-refractivity contribution in [2.45, 2.75) is 12.3 Å². The Kier molecular flexibility index (Phi) is 3.21. The second kappa shape index (κ2) is 4.45. The molecule has 5 heteroatoms. The molecular weight excluding hydrogens is 324 g/mol. The van der Waals surface area contributed by atoms with Gasteiger partial charge in [0.25, 0.3) is 5.89 Å². The van der Waals surface area contributed by atoms with Gasteiger partial charge in [-0.3, -0.25) is 0 Å². The van der Waals surface area contributed by atoms with Gasteiger partial charge in [0.05, 0.1) is 5.33 Å². The lowest BCUT2D eigenvalue weighted by molar-refractivity contribution is 0.425. The summed E-state index contributed by atoms with van der Waals surface area (Å²) < 4.78 is 6.21. The minimum atomic E-state index is 0.559. The maximum Gasteiger partial charge on any atom is 0.258 e. The fourth-order valence-corrected chi connectivity index (χ4v) is 1.85. The molecular formula is C10H8Br2N2O. The highest BCUT2D eigenvalue weighted by atomic mass is 79.9. The van der Waals surface area contributed by atoms with Crippen LogP contribution in [0.5, 0.6) is 0 Å². The monoisotopic (exact) mass is 330 g/mol. The molecule has 78 valence electrons. The molecule has 0 bridgehead atoms. The quantitative estimate of drug-likeness (QED) is 0.787. The minimum Gasteiger partial charge on any atom is -0.334 e. The maximum absolute atomic E-state index is 5.17. The van der Waals surface area contributed by atoms with Gasteiger partial charge in [-0.15, -0.1) is 0 Å². The topological polar surface area (TPSA) is 38.9 Å². The molecule has 0 saturated carbocycles. The molecule has 0 N–H and O–H groups in total. The van der Waals surface area contributed by atoms with Crippen molar-refractivity contribution in [1.82, 2.24) is 10.1 Å². The number of nitrogens with zero attached hydrogens (tertiary/aromatic N) is 2. The SMILES string of the molecule is Cc1c(Br)cccc1-c1nc(CBr)no1. The Balaban J connectivity index is 2.49. The number of rotatable bonds is 2. The van der Waals surface area contributed by atoms with Crippen LogP contribution in [0, 0.1) is 6.92 Å². The van der Waals surface area contributed by atoms with Gasteiger partial charge in [0.1, 0.15) is 0 Å². The number of hydrogen-bond acceptors (Lipinski definition) is 3. The Bertz CT molecular complexity index is 482. The Labute approximate surface area is 104 Å². The molecule has 1 aromatic carbocycles. The molecule has 3 nitrogen and oxygen atoms in total. The summed E-state index contributed by atoms with van der Waals surface area (Å²) in [6.45, 7) is 2.01. The van der Waals surface area contributed by atoms with Gasteiger partial charge < -0.3 is 4.52 Å². The van der Waals surface area contributed by atoms with Gasteiger partial charge in [-0.1, -0.05) is 43.1 Å². The molecule has 0 atom stereocenters. The molecule has 15 heavy (non-hydrogen) atoms. The zero-order valence-electron chi connectivity index (χ0n) is 8.00. The van der Waals surface area contributed by atoms with E-state index in [2.05, 4.69) is 42.0 Å². The van der Waals surface area contributed by atoms with Crippen LogP contribution in [-0.2, 0) is 5.33 Å². The third-order valence-corrected chi connectivity index (χ3v) is 3.45. The van der Waals surface area contributed by atoms with E-state index in [9.17, 15) is 0 Å². The molecule has 1 aromatic heterocycles. The first-order valence-electron chi connectivity index (χ1n) is 4.36. The van der Waals surface area contributed by atoms with Crippen molar-refractivity contribution >= 4 is 31.9 Å². The van der Waals surface area contributed by atoms with Crippen molar-refractivity contribution in [3.8, 4) is 11.5 Å². The molecule has 2 aromatic rings. The first kappa shape index (κ1) is 10.8. The van der Waals surface area contributed by atoms with Gasteiger partial charge in [-0.05, 0) is 24.6 Å². The van der Waals surface area contributed by atoms with E-state index in [0.29, 0.717) is 17.0 Å². The van der Waals surface area contributed by atoms with E-state index in [-0.39, 0.29) is 0 Å².